The first-order valence-electron chi connectivity index (χ1n) is 6.75. The van der Waals surface area contributed by atoms with E-state index in [1.807, 2.05) is 19.1 Å². The summed E-state index contributed by atoms with van der Waals surface area (Å²) in [5.74, 6) is 0.318. The standard InChI is InChI=1S/C14H22N2O2S/c1-11-5-7-13(8-6-11)19(17,18)16-9-3-4-12(2)14(16)10-15/h5-8,12,14H,3-4,9-10,15H2,1-2H3. The van der Waals surface area contributed by atoms with Gasteiger partial charge in [0.1, 0.15) is 0 Å². The van der Waals surface area contributed by atoms with Crippen LogP contribution >= 0.6 is 0 Å². The highest BCUT2D eigenvalue weighted by Gasteiger charge is 2.36. The van der Waals surface area contributed by atoms with E-state index in [9.17, 15) is 8.42 Å². The number of nitrogens with zero attached hydrogens (tertiary/aromatic N) is 1. The summed E-state index contributed by atoms with van der Waals surface area (Å²) in [6.07, 6.45) is 1.95. The molecule has 0 bridgehead atoms. The lowest BCUT2D eigenvalue weighted by Crippen LogP contribution is -2.51. The Morgan fingerprint density at radius 3 is 2.53 bits per heavy atom. The number of nitrogens with two attached hydrogens (primary N) is 1. The van der Waals surface area contributed by atoms with Crippen LogP contribution in [0.4, 0.5) is 0 Å². The van der Waals surface area contributed by atoms with Gasteiger partial charge in [0.25, 0.3) is 0 Å². The third kappa shape index (κ3) is 2.83. The van der Waals surface area contributed by atoms with Gasteiger partial charge in [-0.3, -0.25) is 0 Å². The summed E-state index contributed by atoms with van der Waals surface area (Å²) >= 11 is 0. The second-order valence-corrected chi connectivity index (χ2v) is 7.24. The summed E-state index contributed by atoms with van der Waals surface area (Å²) in [5, 5.41) is 0. The molecule has 0 amide bonds. The van der Waals surface area contributed by atoms with E-state index in [1.165, 1.54) is 0 Å². The van der Waals surface area contributed by atoms with E-state index in [0.717, 1.165) is 18.4 Å². The average Bonchev–Trinajstić information content (AvgIpc) is 2.39. The topological polar surface area (TPSA) is 63.4 Å². The Labute approximate surface area is 115 Å². The third-order valence-corrected chi connectivity index (χ3v) is 5.87. The molecule has 2 atom stereocenters. The minimum Gasteiger partial charge on any atom is -0.329 e. The van der Waals surface area contributed by atoms with Gasteiger partial charge in [-0.05, 0) is 37.8 Å². The molecule has 2 rings (SSSR count). The van der Waals surface area contributed by atoms with Gasteiger partial charge in [0.15, 0.2) is 0 Å². The Kier molecular flexibility index (Phi) is 4.28. The molecule has 1 aromatic carbocycles. The highest BCUT2D eigenvalue weighted by molar-refractivity contribution is 7.89. The van der Waals surface area contributed by atoms with Crippen molar-refractivity contribution in [3.8, 4) is 0 Å². The Balaban J connectivity index is 2.35. The molecular formula is C14H22N2O2S. The maximum atomic E-state index is 12.7. The zero-order chi connectivity index (χ0) is 14.0. The summed E-state index contributed by atoms with van der Waals surface area (Å²) in [5.41, 5.74) is 6.83. The molecule has 1 saturated heterocycles. The first-order valence-corrected chi connectivity index (χ1v) is 8.19. The highest BCUT2D eigenvalue weighted by Crippen LogP contribution is 2.28. The minimum atomic E-state index is -3.42. The van der Waals surface area contributed by atoms with Gasteiger partial charge in [-0.25, -0.2) is 8.42 Å². The highest BCUT2D eigenvalue weighted by atomic mass is 32.2. The Morgan fingerprint density at radius 1 is 1.32 bits per heavy atom. The van der Waals surface area contributed by atoms with Gasteiger partial charge < -0.3 is 5.73 Å². The van der Waals surface area contributed by atoms with Crippen molar-refractivity contribution in [1.82, 2.24) is 4.31 Å². The fraction of sp³-hybridized carbons (Fsp3) is 0.571. The number of hydrogen-bond acceptors (Lipinski definition) is 3. The smallest absolute Gasteiger partial charge is 0.243 e. The number of piperidine rings is 1. The van der Waals surface area contributed by atoms with Crippen molar-refractivity contribution in [1.29, 1.82) is 0 Å². The molecule has 1 aliphatic heterocycles. The molecule has 2 unspecified atom stereocenters. The monoisotopic (exact) mass is 282 g/mol. The summed E-state index contributed by atoms with van der Waals surface area (Å²) in [6.45, 7) is 4.98. The molecule has 2 N–H and O–H groups in total. The zero-order valence-electron chi connectivity index (χ0n) is 11.5. The van der Waals surface area contributed by atoms with Gasteiger partial charge in [-0.15, -0.1) is 0 Å². The second-order valence-electron chi connectivity index (χ2n) is 5.35. The largest absolute Gasteiger partial charge is 0.329 e. The van der Waals surface area contributed by atoms with Crippen molar-refractivity contribution in [2.24, 2.45) is 11.7 Å². The van der Waals surface area contributed by atoms with E-state index in [1.54, 1.807) is 16.4 Å². The Morgan fingerprint density at radius 2 is 1.95 bits per heavy atom. The number of rotatable bonds is 3. The molecule has 1 aromatic rings. The van der Waals surface area contributed by atoms with Crippen LogP contribution in [0.2, 0.25) is 0 Å². The van der Waals surface area contributed by atoms with Crippen molar-refractivity contribution in [3.05, 3.63) is 29.8 Å². The molecule has 1 heterocycles. The van der Waals surface area contributed by atoms with Gasteiger partial charge >= 0.3 is 0 Å². The van der Waals surface area contributed by atoms with E-state index < -0.39 is 10.0 Å². The molecule has 1 aliphatic rings. The first-order chi connectivity index (χ1) is 8.96. The van der Waals surface area contributed by atoms with Gasteiger partial charge in [-0.2, -0.15) is 4.31 Å². The normalized spacial score (nSPS) is 25.4. The van der Waals surface area contributed by atoms with Gasteiger partial charge in [0.2, 0.25) is 10.0 Å². The molecule has 1 fully saturated rings. The van der Waals surface area contributed by atoms with Crippen LogP contribution in [-0.2, 0) is 10.0 Å². The van der Waals surface area contributed by atoms with Crippen LogP contribution in [0.25, 0.3) is 0 Å². The Bertz CT molecular complexity index is 525. The van der Waals surface area contributed by atoms with Crippen molar-refractivity contribution in [3.63, 3.8) is 0 Å². The summed E-state index contributed by atoms with van der Waals surface area (Å²) < 4.78 is 27.0. The lowest BCUT2D eigenvalue weighted by molar-refractivity contribution is 0.192. The van der Waals surface area contributed by atoms with E-state index >= 15 is 0 Å². The fourth-order valence-corrected chi connectivity index (χ4v) is 4.48. The molecule has 4 nitrogen and oxygen atoms in total. The van der Waals surface area contributed by atoms with Crippen molar-refractivity contribution >= 4 is 10.0 Å². The molecule has 0 saturated carbocycles. The zero-order valence-corrected chi connectivity index (χ0v) is 12.4. The van der Waals surface area contributed by atoms with Crippen LogP contribution in [0.5, 0.6) is 0 Å². The van der Waals surface area contributed by atoms with Crippen molar-refractivity contribution in [2.45, 2.75) is 37.6 Å². The number of aryl methyl sites for hydroxylation is 1. The molecule has 106 valence electrons. The van der Waals surface area contributed by atoms with Crippen molar-refractivity contribution in [2.75, 3.05) is 13.1 Å². The van der Waals surface area contributed by atoms with Crippen LogP contribution in [0.1, 0.15) is 25.3 Å². The summed E-state index contributed by atoms with van der Waals surface area (Å²) in [4.78, 5) is 0.366. The third-order valence-electron chi connectivity index (χ3n) is 3.93. The summed E-state index contributed by atoms with van der Waals surface area (Å²) in [6, 6.07) is 6.94. The number of benzene rings is 1. The quantitative estimate of drug-likeness (QED) is 0.918. The van der Waals surface area contributed by atoms with E-state index in [-0.39, 0.29) is 6.04 Å². The SMILES string of the molecule is Cc1ccc(S(=O)(=O)N2CCCC(C)C2CN)cc1. The Hall–Kier alpha value is -0.910. The number of sulfonamides is 1. The van der Waals surface area contributed by atoms with Crippen LogP contribution in [0.3, 0.4) is 0 Å². The van der Waals surface area contributed by atoms with Crippen molar-refractivity contribution < 1.29 is 8.42 Å². The lowest BCUT2D eigenvalue weighted by atomic mass is 9.93. The first kappa shape index (κ1) is 14.5. The molecule has 19 heavy (non-hydrogen) atoms. The van der Waals surface area contributed by atoms with Crippen LogP contribution in [0, 0.1) is 12.8 Å². The van der Waals surface area contributed by atoms with E-state index in [4.69, 9.17) is 5.73 Å². The predicted molar refractivity (Wildman–Crippen MR) is 76.3 cm³/mol. The molecular weight excluding hydrogens is 260 g/mol. The number of hydrogen-bond donors (Lipinski definition) is 1. The van der Waals surface area contributed by atoms with Gasteiger partial charge in [-0.1, -0.05) is 24.6 Å². The molecule has 0 radical (unpaired) electrons. The molecule has 0 aromatic heterocycles. The van der Waals surface area contributed by atoms with Gasteiger partial charge in [0, 0.05) is 19.1 Å². The predicted octanol–water partition coefficient (Wildman–Crippen LogP) is 1.74. The fourth-order valence-electron chi connectivity index (χ4n) is 2.71. The van der Waals surface area contributed by atoms with Crippen LogP contribution in [-0.4, -0.2) is 31.9 Å². The maximum absolute atomic E-state index is 12.7. The minimum absolute atomic E-state index is 0.0833. The molecule has 5 heteroatoms. The van der Waals surface area contributed by atoms with E-state index in [2.05, 4.69) is 6.92 Å². The summed E-state index contributed by atoms with van der Waals surface area (Å²) in [7, 11) is -3.42. The van der Waals surface area contributed by atoms with Gasteiger partial charge in [0.05, 0.1) is 4.90 Å². The average molecular weight is 282 g/mol. The molecule has 0 aliphatic carbocycles. The van der Waals surface area contributed by atoms with E-state index in [0.29, 0.717) is 23.9 Å². The molecule has 0 spiro atoms. The lowest BCUT2D eigenvalue weighted by Gasteiger charge is -2.38. The second kappa shape index (κ2) is 5.61. The van der Waals surface area contributed by atoms with Crippen LogP contribution < -0.4 is 5.73 Å². The van der Waals surface area contributed by atoms with Crippen LogP contribution in [0.15, 0.2) is 29.2 Å². The maximum Gasteiger partial charge on any atom is 0.243 e.